The van der Waals surface area contributed by atoms with Gasteiger partial charge in [-0.25, -0.2) is 4.79 Å². The van der Waals surface area contributed by atoms with Crippen LogP contribution < -0.4 is 16.0 Å². The van der Waals surface area contributed by atoms with Gasteiger partial charge in [0.05, 0.1) is 10.6 Å². The monoisotopic (exact) mass is 452 g/mol. The molecule has 1 aromatic heterocycles. The van der Waals surface area contributed by atoms with E-state index in [1.807, 2.05) is 0 Å². The highest BCUT2D eigenvalue weighted by Crippen LogP contribution is 2.36. The molecule has 0 saturated heterocycles. The van der Waals surface area contributed by atoms with Crippen LogP contribution in [0.1, 0.15) is 27.4 Å². The van der Waals surface area contributed by atoms with Gasteiger partial charge in [0.15, 0.2) is 5.69 Å². The highest BCUT2D eigenvalue weighted by atomic mass is 35.5. The predicted molar refractivity (Wildman–Crippen MR) is 109 cm³/mol. The molecule has 2 aromatic carbocycles. The molecule has 0 aliphatic rings. The first-order chi connectivity index (χ1) is 14.5. The highest BCUT2D eigenvalue weighted by Gasteiger charge is 2.33. The fourth-order valence-electron chi connectivity index (χ4n) is 2.61. The lowest BCUT2D eigenvalue weighted by atomic mass is 10.1. The molecule has 3 N–H and O–H groups in total. The number of urea groups is 1. The maximum Gasteiger partial charge on any atom is 0.417 e. The summed E-state index contributed by atoms with van der Waals surface area (Å²) in [5, 5.41) is 10.6. The van der Waals surface area contributed by atoms with Crippen molar-refractivity contribution in [2.75, 3.05) is 16.0 Å². The zero-order chi connectivity index (χ0) is 22.8. The normalized spacial score (nSPS) is 11.2. The Hall–Kier alpha value is -3.53. The molecule has 0 saturated carbocycles. The molecule has 1 heterocycles. The molecule has 0 radical (unpaired) electrons. The first kappa shape index (κ1) is 22.2. The summed E-state index contributed by atoms with van der Waals surface area (Å²) >= 11 is 5.57. The Balaban J connectivity index is 1.71. The van der Waals surface area contributed by atoms with E-state index in [0.29, 0.717) is 22.7 Å². The Morgan fingerprint density at radius 3 is 2.23 bits per heavy atom. The van der Waals surface area contributed by atoms with Crippen molar-refractivity contribution >= 4 is 40.6 Å². The molecule has 0 aliphatic carbocycles. The largest absolute Gasteiger partial charge is 0.417 e. The number of anilines is 3. The second-order valence-electron chi connectivity index (χ2n) is 6.58. The molecule has 31 heavy (non-hydrogen) atoms. The molecule has 3 aromatic rings. The SMILES string of the molecule is Cc1cc(C(=O)Nc2cc(NC(=O)Nc3ccc(Cl)c(C(F)(F)F)c3)ccc2C)no1. The van der Waals surface area contributed by atoms with Crippen molar-refractivity contribution in [3.63, 3.8) is 0 Å². The van der Waals surface area contributed by atoms with Gasteiger partial charge in [-0.3, -0.25) is 4.79 Å². The van der Waals surface area contributed by atoms with Crippen molar-refractivity contribution in [3.05, 3.63) is 70.1 Å². The molecular formula is C20H16ClF3N4O3. The number of alkyl halides is 3. The van der Waals surface area contributed by atoms with Gasteiger partial charge in [0.1, 0.15) is 5.76 Å². The lowest BCUT2D eigenvalue weighted by molar-refractivity contribution is -0.137. The maximum atomic E-state index is 13.0. The summed E-state index contributed by atoms with van der Waals surface area (Å²) in [7, 11) is 0. The summed E-state index contributed by atoms with van der Waals surface area (Å²) in [6.45, 7) is 3.40. The van der Waals surface area contributed by atoms with Gasteiger partial charge >= 0.3 is 12.2 Å². The number of carbonyl (C=O) groups excluding carboxylic acids is 2. The van der Waals surface area contributed by atoms with E-state index in [0.717, 1.165) is 12.1 Å². The van der Waals surface area contributed by atoms with Crippen LogP contribution in [0.25, 0.3) is 0 Å². The highest BCUT2D eigenvalue weighted by molar-refractivity contribution is 6.31. The van der Waals surface area contributed by atoms with Crippen molar-refractivity contribution < 1.29 is 27.3 Å². The summed E-state index contributed by atoms with van der Waals surface area (Å²) in [6, 6.07) is 8.47. The Kier molecular flexibility index (Phi) is 6.21. The van der Waals surface area contributed by atoms with Gasteiger partial charge in [0.25, 0.3) is 5.91 Å². The summed E-state index contributed by atoms with van der Waals surface area (Å²) in [6.07, 6.45) is -4.66. The average molecular weight is 453 g/mol. The minimum atomic E-state index is -4.66. The molecular weight excluding hydrogens is 437 g/mol. The topological polar surface area (TPSA) is 96.3 Å². The minimum Gasteiger partial charge on any atom is -0.361 e. The number of nitrogens with zero attached hydrogens (tertiary/aromatic N) is 1. The van der Waals surface area contributed by atoms with Gasteiger partial charge in [0.2, 0.25) is 0 Å². The summed E-state index contributed by atoms with van der Waals surface area (Å²) in [4.78, 5) is 24.5. The first-order valence-corrected chi connectivity index (χ1v) is 9.21. The van der Waals surface area contributed by atoms with Crippen molar-refractivity contribution in [3.8, 4) is 0 Å². The van der Waals surface area contributed by atoms with Crippen LogP contribution in [-0.2, 0) is 6.18 Å². The third-order valence-electron chi connectivity index (χ3n) is 4.13. The van der Waals surface area contributed by atoms with Gasteiger partial charge in [-0.15, -0.1) is 0 Å². The van der Waals surface area contributed by atoms with E-state index in [1.165, 1.54) is 18.2 Å². The number of carbonyl (C=O) groups is 2. The van der Waals surface area contributed by atoms with Gasteiger partial charge in [0, 0.05) is 23.1 Å². The van der Waals surface area contributed by atoms with E-state index in [2.05, 4.69) is 21.1 Å². The zero-order valence-electron chi connectivity index (χ0n) is 16.2. The number of rotatable bonds is 4. The number of hydrogen-bond acceptors (Lipinski definition) is 4. The van der Waals surface area contributed by atoms with Gasteiger partial charge in [-0.05, 0) is 49.7 Å². The van der Waals surface area contributed by atoms with Crippen LogP contribution >= 0.6 is 11.6 Å². The van der Waals surface area contributed by atoms with Crippen molar-refractivity contribution in [2.45, 2.75) is 20.0 Å². The number of benzene rings is 2. The second-order valence-corrected chi connectivity index (χ2v) is 6.99. The van der Waals surface area contributed by atoms with E-state index < -0.39 is 28.7 Å². The first-order valence-electron chi connectivity index (χ1n) is 8.83. The van der Waals surface area contributed by atoms with E-state index in [1.54, 1.807) is 26.0 Å². The molecule has 0 aliphatic heterocycles. The molecule has 7 nitrogen and oxygen atoms in total. The molecule has 0 spiro atoms. The third kappa shape index (κ3) is 5.54. The van der Waals surface area contributed by atoms with Crippen molar-refractivity contribution in [2.24, 2.45) is 0 Å². The lowest BCUT2D eigenvalue weighted by Crippen LogP contribution is -2.20. The Morgan fingerprint density at radius 2 is 1.61 bits per heavy atom. The van der Waals surface area contributed by atoms with Crippen LogP contribution in [0.4, 0.5) is 35.0 Å². The fraction of sp³-hybridized carbons (Fsp3) is 0.150. The molecule has 3 amide bonds. The minimum absolute atomic E-state index is 0.0868. The lowest BCUT2D eigenvalue weighted by Gasteiger charge is -2.13. The van der Waals surface area contributed by atoms with Crippen LogP contribution in [0.5, 0.6) is 0 Å². The average Bonchev–Trinajstić information content (AvgIpc) is 3.11. The van der Waals surface area contributed by atoms with Crippen molar-refractivity contribution in [1.82, 2.24) is 5.16 Å². The van der Waals surface area contributed by atoms with E-state index in [9.17, 15) is 22.8 Å². The number of halogens is 4. The number of hydrogen-bond donors (Lipinski definition) is 3. The van der Waals surface area contributed by atoms with Crippen LogP contribution in [0, 0.1) is 13.8 Å². The molecule has 11 heteroatoms. The van der Waals surface area contributed by atoms with Gasteiger partial charge in [-0.1, -0.05) is 22.8 Å². The van der Waals surface area contributed by atoms with E-state index in [4.69, 9.17) is 16.1 Å². The second kappa shape index (κ2) is 8.68. The van der Waals surface area contributed by atoms with E-state index in [-0.39, 0.29) is 11.4 Å². The predicted octanol–water partition coefficient (Wildman–Crippen LogP) is 5.86. The molecule has 0 unspecified atom stereocenters. The zero-order valence-corrected chi connectivity index (χ0v) is 17.0. The quantitative estimate of drug-likeness (QED) is 0.462. The Morgan fingerprint density at radius 1 is 0.968 bits per heavy atom. The molecule has 0 atom stereocenters. The standard InChI is InChI=1S/C20H16ClF3N4O3/c1-10-3-4-13(9-16(10)27-18(29)17-7-11(2)31-28-17)26-19(30)25-12-5-6-15(21)14(8-12)20(22,23)24/h3-9H,1-2H3,(H,27,29)(H2,25,26,30). The number of aromatic nitrogens is 1. The summed E-state index contributed by atoms with van der Waals surface area (Å²) in [5.74, 6) is -0.0211. The molecule has 0 fully saturated rings. The molecule has 3 rings (SSSR count). The third-order valence-corrected chi connectivity index (χ3v) is 4.46. The number of nitrogens with one attached hydrogen (secondary N) is 3. The number of aryl methyl sites for hydroxylation is 2. The van der Waals surface area contributed by atoms with Gasteiger partial charge < -0.3 is 20.5 Å². The molecule has 0 bridgehead atoms. The summed E-state index contributed by atoms with van der Waals surface area (Å²) in [5.41, 5.74) is 0.379. The Bertz CT molecular complexity index is 1140. The van der Waals surface area contributed by atoms with E-state index >= 15 is 0 Å². The number of amides is 3. The summed E-state index contributed by atoms with van der Waals surface area (Å²) < 4.78 is 43.8. The molecule has 162 valence electrons. The maximum absolute atomic E-state index is 13.0. The van der Waals surface area contributed by atoms with Crippen LogP contribution in [0.3, 0.4) is 0 Å². The van der Waals surface area contributed by atoms with Crippen molar-refractivity contribution in [1.29, 1.82) is 0 Å². The van der Waals surface area contributed by atoms with Crippen LogP contribution in [-0.4, -0.2) is 17.1 Å². The van der Waals surface area contributed by atoms with Crippen LogP contribution in [0.2, 0.25) is 5.02 Å². The Labute approximate surface area is 179 Å². The smallest absolute Gasteiger partial charge is 0.361 e. The van der Waals surface area contributed by atoms with Gasteiger partial charge in [-0.2, -0.15) is 13.2 Å². The fourth-order valence-corrected chi connectivity index (χ4v) is 2.83. The van der Waals surface area contributed by atoms with Crippen LogP contribution in [0.15, 0.2) is 47.0 Å².